The van der Waals surface area contributed by atoms with E-state index in [4.69, 9.17) is 4.42 Å². The highest BCUT2D eigenvalue weighted by molar-refractivity contribution is 5.95. The molecule has 0 radical (unpaired) electrons. The molecule has 0 fully saturated rings. The molecule has 1 aromatic carbocycles. The molecule has 0 saturated heterocycles. The minimum absolute atomic E-state index is 0.145. The highest BCUT2D eigenvalue weighted by atomic mass is 16.3. The lowest BCUT2D eigenvalue weighted by molar-refractivity contribution is -0.114. The number of carbonyl (C=O) groups excluding carboxylic acids is 2. The normalized spacial score (nSPS) is 11.7. The molecule has 20 heavy (non-hydrogen) atoms. The van der Waals surface area contributed by atoms with Gasteiger partial charge in [0, 0.05) is 18.2 Å². The molecule has 2 rings (SSSR count). The van der Waals surface area contributed by atoms with Gasteiger partial charge in [-0.15, -0.1) is 0 Å². The number of benzene rings is 1. The summed E-state index contributed by atoms with van der Waals surface area (Å²) in [7, 11) is 0. The molecule has 0 spiro atoms. The van der Waals surface area contributed by atoms with Crippen molar-refractivity contribution in [2.45, 2.75) is 19.9 Å². The minimum Gasteiger partial charge on any atom is -0.467 e. The van der Waals surface area contributed by atoms with E-state index in [2.05, 4.69) is 10.6 Å². The predicted octanol–water partition coefficient (Wildman–Crippen LogP) is 2.73. The van der Waals surface area contributed by atoms with Crippen LogP contribution < -0.4 is 10.6 Å². The topological polar surface area (TPSA) is 71.3 Å². The van der Waals surface area contributed by atoms with Crippen molar-refractivity contribution in [3.8, 4) is 0 Å². The van der Waals surface area contributed by atoms with Crippen LogP contribution in [0.3, 0.4) is 0 Å². The summed E-state index contributed by atoms with van der Waals surface area (Å²) in [4.78, 5) is 23.0. The van der Waals surface area contributed by atoms with E-state index in [1.807, 2.05) is 13.0 Å². The first-order valence-corrected chi connectivity index (χ1v) is 6.28. The van der Waals surface area contributed by atoms with Crippen LogP contribution in [0.1, 0.15) is 36.0 Å². The van der Waals surface area contributed by atoms with Crippen molar-refractivity contribution in [3.63, 3.8) is 0 Å². The summed E-state index contributed by atoms with van der Waals surface area (Å²) in [5.41, 5.74) is 1.19. The highest BCUT2D eigenvalue weighted by Crippen LogP contribution is 2.14. The second kappa shape index (κ2) is 6.06. The van der Waals surface area contributed by atoms with Crippen molar-refractivity contribution < 1.29 is 14.0 Å². The number of nitrogens with one attached hydrogen (secondary N) is 2. The number of furan rings is 1. The second-order valence-corrected chi connectivity index (χ2v) is 4.47. The third-order valence-corrected chi connectivity index (χ3v) is 2.79. The zero-order chi connectivity index (χ0) is 14.5. The maximum atomic E-state index is 12.0. The lowest BCUT2D eigenvalue weighted by Crippen LogP contribution is -2.26. The molecule has 0 aliphatic carbocycles. The van der Waals surface area contributed by atoms with Crippen LogP contribution in [0.5, 0.6) is 0 Å². The zero-order valence-electron chi connectivity index (χ0n) is 11.3. The van der Waals surface area contributed by atoms with Crippen molar-refractivity contribution >= 4 is 17.5 Å². The van der Waals surface area contributed by atoms with E-state index in [0.29, 0.717) is 17.0 Å². The summed E-state index contributed by atoms with van der Waals surface area (Å²) < 4.78 is 5.23. The maximum absolute atomic E-state index is 12.0. The first-order valence-electron chi connectivity index (χ1n) is 6.28. The molecule has 2 aromatic rings. The van der Waals surface area contributed by atoms with Crippen LogP contribution in [0, 0.1) is 0 Å². The van der Waals surface area contributed by atoms with Crippen LogP contribution >= 0.6 is 0 Å². The molecule has 5 heteroatoms. The lowest BCUT2D eigenvalue weighted by Gasteiger charge is -2.11. The van der Waals surface area contributed by atoms with E-state index in [0.717, 1.165) is 0 Å². The quantitative estimate of drug-likeness (QED) is 0.899. The van der Waals surface area contributed by atoms with Gasteiger partial charge in [0.25, 0.3) is 5.91 Å². The van der Waals surface area contributed by atoms with E-state index < -0.39 is 0 Å². The van der Waals surface area contributed by atoms with Gasteiger partial charge >= 0.3 is 0 Å². The Morgan fingerprint density at radius 1 is 1.15 bits per heavy atom. The number of anilines is 1. The third-order valence-electron chi connectivity index (χ3n) is 2.79. The van der Waals surface area contributed by atoms with Crippen molar-refractivity contribution in [2.75, 3.05) is 5.32 Å². The van der Waals surface area contributed by atoms with Crippen LogP contribution in [0.25, 0.3) is 0 Å². The fourth-order valence-electron chi connectivity index (χ4n) is 1.80. The van der Waals surface area contributed by atoms with Crippen molar-refractivity contribution in [1.82, 2.24) is 5.32 Å². The smallest absolute Gasteiger partial charge is 0.251 e. The summed E-state index contributed by atoms with van der Waals surface area (Å²) in [6, 6.07) is 10.1. The SMILES string of the molecule is CC(=O)Nc1ccc(C(=O)N[C@H](C)c2ccco2)cc1. The van der Waals surface area contributed by atoms with Gasteiger partial charge in [-0.1, -0.05) is 0 Å². The van der Waals surface area contributed by atoms with Gasteiger partial charge in [0.2, 0.25) is 5.91 Å². The molecule has 5 nitrogen and oxygen atoms in total. The lowest BCUT2D eigenvalue weighted by atomic mass is 10.1. The Bertz CT molecular complexity index is 588. The van der Waals surface area contributed by atoms with Gasteiger partial charge in [0.1, 0.15) is 5.76 Å². The predicted molar refractivity (Wildman–Crippen MR) is 75.3 cm³/mol. The fourth-order valence-corrected chi connectivity index (χ4v) is 1.80. The zero-order valence-corrected chi connectivity index (χ0v) is 11.3. The van der Waals surface area contributed by atoms with Crippen LogP contribution in [-0.2, 0) is 4.79 Å². The molecule has 1 atom stereocenters. The summed E-state index contributed by atoms with van der Waals surface area (Å²) in [5, 5.41) is 5.49. The number of hydrogen-bond acceptors (Lipinski definition) is 3. The maximum Gasteiger partial charge on any atom is 0.251 e. The van der Waals surface area contributed by atoms with Crippen molar-refractivity contribution in [1.29, 1.82) is 0 Å². The molecule has 2 amide bonds. The third kappa shape index (κ3) is 3.47. The van der Waals surface area contributed by atoms with Crippen molar-refractivity contribution in [2.24, 2.45) is 0 Å². The van der Waals surface area contributed by atoms with Crippen molar-refractivity contribution in [3.05, 3.63) is 54.0 Å². The van der Waals surface area contributed by atoms with Gasteiger partial charge in [-0.3, -0.25) is 9.59 Å². The van der Waals surface area contributed by atoms with Crippen LogP contribution in [-0.4, -0.2) is 11.8 Å². The Labute approximate surface area is 117 Å². The number of carbonyl (C=O) groups is 2. The number of amides is 2. The molecule has 1 aromatic heterocycles. The van der Waals surface area contributed by atoms with Gasteiger partial charge < -0.3 is 15.1 Å². The van der Waals surface area contributed by atoms with Crippen LogP contribution in [0.15, 0.2) is 47.1 Å². The van der Waals surface area contributed by atoms with Gasteiger partial charge in [-0.05, 0) is 43.3 Å². The molecule has 104 valence electrons. The summed E-state index contributed by atoms with van der Waals surface area (Å²) >= 11 is 0. The van der Waals surface area contributed by atoms with Gasteiger partial charge in [-0.2, -0.15) is 0 Å². The summed E-state index contributed by atoms with van der Waals surface area (Å²) in [5.74, 6) is 0.366. The highest BCUT2D eigenvalue weighted by Gasteiger charge is 2.13. The molecule has 0 unspecified atom stereocenters. The minimum atomic E-state index is -0.201. The summed E-state index contributed by atoms with van der Waals surface area (Å²) in [6.07, 6.45) is 1.57. The largest absolute Gasteiger partial charge is 0.467 e. The average molecular weight is 272 g/mol. The molecule has 0 aliphatic heterocycles. The van der Waals surface area contributed by atoms with E-state index in [1.165, 1.54) is 6.92 Å². The van der Waals surface area contributed by atoms with E-state index in [1.54, 1.807) is 36.6 Å². The standard InChI is InChI=1S/C15H16N2O3/c1-10(14-4-3-9-20-14)16-15(19)12-5-7-13(8-6-12)17-11(2)18/h3-10H,1-2H3,(H,16,19)(H,17,18)/t10-/m1/s1. The molecule has 1 heterocycles. The van der Waals surface area contributed by atoms with Gasteiger partial charge in [-0.25, -0.2) is 0 Å². The fraction of sp³-hybridized carbons (Fsp3) is 0.200. The number of rotatable bonds is 4. The Morgan fingerprint density at radius 2 is 1.85 bits per heavy atom. The Balaban J connectivity index is 2.00. The molecular weight excluding hydrogens is 256 g/mol. The Morgan fingerprint density at radius 3 is 2.40 bits per heavy atom. The molecule has 0 bridgehead atoms. The Kier molecular flexibility index (Phi) is 4.20. The van der Waals surface area contributed by atoms with Crippen LogP contribution in [0.2, 0.25) is 0 Å². The summed E-state index contributed by atoms with van der Waals surface area (Å²) in [6.45, 7) is 3.29. The Hall–Kier alpha value is -2.56. The molecule has 2 N–H and O–H groups in total. The van der Waals surface area contributed by atoms with Gasteiger partial charge in [0.05, 0.1) is 12.3 Å². The van der Waals surface area contributed by atoms with E-state index in [9.17, 15) is 9.59 Å². The van der Waals surface area contributed by atoms with E-state index >= 15 is 0 Å². The molecule has 0 aliphatic rings. The molecule has 0 saturated carbocycles. The van der Waals surface area contributed by atoms with E-state index in [-0.39, 0.29) is 17.9 Å². The average Bonchev–Trinajstić information content (AvgIpc) is 2.92. The molecular formula is C15H16N2O3. The van der Waals surface area contributed by atoms with Crippen LogP contribution in [0.4, 0.5) is 5.69 Å². The first kappa shape index (κ1) is 13.9. The number of hydrogen-bond donors (Lipinski definition) is 2. The first-order chi connectivity index (χ1) is 9.56. The second-order valence-electron chi connectivity index (χ2n) is 4.47. The monoisotopic (exact) mass is 272 g/mol. The van der Waals surface area contributed by atoms with Gasteiger partial charge in [0.15, 0.2) is 0 Å².